The van der Waals surface area contributed by atoms with E-state index in [0.29, 0.717) is 5.75 Å². The van der Waals surface area contributed by atoms with Crippen LogP contribution in [0.2, 0.25) is 0 Å². The molecule has 0 aliphatic heterocycles. The summed E-state index contributed by atoms with van der Waals surface area (Å²) in [6.07, 6.45) is 4.60. The number of nitrogens with zero attached hydrogens (tertiary/aromatic N) is 1. The number of carbonyl (C=O) groups is 1. The fourth-order valence-corrected chi connectivity index (χ4v) is 2.39. The molecule has 1 aromatic rings. The fraction of sp³-hybridized carbons (Fsp3) is 0.467. The Labute approximate surface area is 113 Å². The molecule has 1 aromatic carbocycles. The standard InChI is InChI=1S/C15H18N2O2/c16-12-15(9-5-2-6-10-15)17-14(18)11-19-13-7-3-1-4-8-13/h1,3-4,7-8H,2,5-6,9-11H2,(H,17,18). The molecule has 0 radical (unpaired) electrons. The lowest BCUT2D eigenvalue weighted by Crippen LogP contribution is -2.50. The van der Waals surface area contributed by atoms with E-state index >= 15 is 0 Å². The lowest BCUT2D eigenvalue weighted by atomic mass is 9.83. The molecule has 0 saturated heterocycles. The van der Waals surface area contributed by atoms with Crippen LogP contribution in [0.5, 0.6) is 5.75 Å². The van der Waals surface area contributed by atoms with Gasteiger partial charge in [-0.3, -0.25) is 4.79 Å². The molecule has 1 fully saturated rings. The number of hydrogen-bond acceptors (Lipinski definition) is 3. The Kier molecular flexibility index (Phi) is 4.40. The summed E-state index contributed by atoms with van der Waals surface area (Å²) in [5.74, 6) is 0.430. The van der Waals surface area contributed by atoms with Gasteiger partial charge in [0.05, 0.1) is 6.07 Å². The van der Waals surface area contributed by atoms with Gasteiger partial charge in [-0.15, -0.1) is 0 Å². The monoisotopic (exact) mass is 258 g/mol. The van der Waals surface area contributed by atoms with Crippen LogP contribution in [0, 0.1) is 11.3 Å². The van der Waals surface area contributed by atoms with E-state index < -0.39 is 5.54 Å². The van der Waals surface area contributed by atoms with E-state index in [-0.39, 0.29) is 12.5 Å². The summed E-state index contributed by atoms with van der Waals surface area (Å²) in [5, 5.41) is 12.1. The van der Waals surface area contributed by atoms with Gasteiger partial charge in [0, 0.05) is 0 Å². The highest BCUT2D eigenvalue weighted by molar-refractivity contribution is 5.78. The molecular formula is C15H18N2O2. The van der Waals surface area contributed by atoms with Gasteiger partial charge in [0.2, 0.25) is 0 Å². The predicted molar refractivity (Wildman–Crippen MR) is 71.5 cm³/mol. The van der Waals surface area contributed by atoms with Gasteiger partial charge in [-0.25, -0.2) is 0 Å². The van der Waals surface area contributed by atoms with E-state index in [1.54, 1.807) is 12.1 Å². The largest absolute Gasteiger partial charge is 0.484 e. The smallest absolute Gasteiger partial charge is 0.259 e. The third kappa shape index (κ3) is 3.72. The molecule has 2 rings (SSSR count). The number of rotatable bonds is 4. The van der Waals surface area contributed by atoms with E-state index in [0.717, 1.165) is 32.1 Å². The molecule has 19 heavy (non-hydrogen) atoms. The summed E-state index contributed by atoms with van der Waals surface area (Å²) in [6, 6.07) is 11.5. The number of carbonyl (C=O) groups excluding carboxylic acids is 1. The number of amides is 1. The van der Waals surface area contributed by atoms with Crippen molar-refractivity contribution in [2.75, 3.05) is 6.61 Å². The maximum Gasteiger partial charge on any atom is 0.259 e. The van der Waals surface area contributed by atoms with E-state index in [1.807, 2.05) is 18.2 Å². The van der Waals surface area contributed by atoms with Crippen LogP contribution in [-0.2, 0) is 4.79 Å². The van der Waals surface area contributed by atoms with Crippen LogP contribution in [0.25, 0.3) is 0 Å². The summed E-state index contributed by atoms with van der Waals surface area (Å²) in [5.41, 5.74) is -0.685. The van der Waals surface area contributed by atoms with Crippen LogP contribution in [-0.4, -0.2) is 18.1 Å². The first-order valence-corrected chi connectivity index (χ1v) is 6.64. The molecule has 4 nitrogen and oxygen atoms in total. The average molecular weight is 258 g/mol. The molecule has 0 bridgehead atoms. The highest BCUT2D eigenvalue weighted by Gasteiger charge is 2.33. The molecule has 1 N–H and O–H groups in total. The number of nitrogens with one attached hydrogen (secondary N) is 1. The topological polar surface area (TPSA) is 62.1 Å². The Morgan fingerprint density at radius 3 is 2.58 bits per heavy atom. The number of benzene rings is 1. The maximum absolute atomic E-state index is 11.9. The Morgan fingerprint density at radius 1 is 1.26 bits per heavy atom. The van der Waals surface area contributed by atoms with E-state index in [4.69, 9.17) is 4.74 Å². The molecular weight excluding hydrogens is 240 g/mol. The average Bonchev–Trinajstić information content (AvgIpc) is 2.47. The molecule has 1 amide bonds. The van der Waals surface area contributed by atoms with Crippen molar-refractivity contribution >= 4 is 5.91 Å². The SMILES string of the molecule is N#CC1(NC(=O)COc2ccccc2)CCCCC1. The lowest BCUT2D eigenvalue weighted by Gasteiger charge is -2.31. The Balaban J connectivity index is 1.85. The normalized spacial score (nSPS) is 17.2. The van der Waals surface area contributed by atoms with Crippen molar-refractivity contribution in [1.82, 2.24) is 5.32 Å². The van der Waals surface area contributed by atoms with Crippen LogP contribution in [0.4, 0.5) is 0 Å². The lowest BCUT2D eigenvalue weighted by molar-refractivity contribution is -0.124. The van der Waals surface area contributed by atoms with E-state index in [1.165, 1.54) is 0 Å². The zero-order valence-corrected chi connectivity index (χ0v) is 10.9. The second-order valence-corrected chi connectivity index (χ2v) is 4.90. The van der Waals surface area contributed by atoms with E-state index in [9.17, 15) is 10.1 Å². The van der Waals surface area contributed by atoms with Crippen molar-refractivity contribution in [2.24, 2.45) is 0 Å². The van der Waals surface area contributed by atoms with Crippen LogP contribution in [0.3, 0.4) is 0 Å². The highest BCUT2D eigenvalue weighted by atomic mass is 16.5. The van der Waals surface area contributed by atoms with Crippen molar-refractivity contribution in [2.45, 2.75) is 37.6 Å². The van der Waals surface area contributed by atoms with Gasteiger partial charge in [-0.05, 0) is 25.0 Å². The van der Waals surface area contributed by atoms with Gasteiger partial charge in [-0.1, -0.05) is 37.5 Å². The van der Waals surface area contributed by atoms with Crippen molar-refractivity contribution in [3.05, 3.63) is 30.3 Å². The predicted octanol–water partition coefficient (Wildman–Crippen LogP) is 2.41. The minimum atomic E-state index is -0.685. The van der Waals surface area contributed by atoms with Crippen LogP contribution in [0.1, 0.15) is 32.1 Å². The molecule has 0 unspecified atom stereocenters. The van der Waals surface area contributed by atoms with Crippen molar-refractivity contribution in [3.63, 3.8) is 0 Å². The number of nitriles is 1. The van der Waals surface area contributed by atoms with Crippen LogP contribution >= 0.6 is 0 Å². The van der Waals surface area contributed by atoms with Gasteiger partial charge < -0.3 is 10.1 Å². The quantitative estimate of drug-likeness (QED) is 0.902. The molecule has 1 aliphatic carbocycles. The molecule has 4 heteroatoms. The first kappa shape index (κ1) is 13.4. The molecule has 0 atom stereocenters. The molecule has 1 saturated carbocycles. The van der Waals surface area contributed by atoms with Gasteiger partial charge >= 0.3 is 0 Å². The van der Waals surface area contributed by atoms with Crippen molar-refractivity contribution in [1.29, 1.82) is 5.26 Å². The second-order valence-electron chi connectivity index (χ2n) is 4.90. The molecule has 0 aromatic heterocycles. The van der Waals surface area contributed by atoms with Crippen LogP contribution in [0.15, 0.2) is 30.3 Å². The van der Waals surface area contributed by atoms with Crippen molar-refractivity contribution < 1.29 is 9.53 Å². The summed E-state index contributed by atoms with van der Waals surface area (Å²) >= 11 is 0. The molecule has 0 spiro atoms. The first-order chi connectivity index (χ1) is 9.24. The van der Waals surface area contributed by atoms with Crippen LogP contribution < -0.4 is 10.1 Å². The van der Waals surface area contributed by atoms with Gasteiger partial charge in [0.15, 0.2) is 6.61 Å². The fourth-order valence-electron chi connectivity index (χ4n) is 2.39. The maximum atomic E-state index is 11.9. The number of hydrogen-bond donors (Lipinski definition) is 1. The zero-order chi connectivity index (χ0) is 13.6. The second kappa shape index (κ2) is 6.24. The summed E-state index contributed by atoms with van der Waals surface area (Å²) < 4.78 is 5.38. The third-order valence-electron chi connectivity index (χ3n) is 3.41. The molecule has 100 valence electrons. The Hall–Kier alpha value is -2.02. The van der Waals surface area contributed by atoms with Gasteiger partial charge in [0.25, 0.3) is 5.91 Å². The van der Waals surface area contributed by atoms with Gasteiger partial charge in [0.1, 0.15) is 11.3 Å². The highest BCUT2D eigenvalue weighted by Crippen LogP contribution is 2.27. The summed E-state index contributed by atoms with van der Waals surface area (Å²) in [4.78, 5) is 11.9. The third-order valence-corrected chi connectivity index (χ3v) is 3.41. The summed E-state index contributed by atoms with van der Waals surface area (Å²) in [6.45, 7) is -0.0482. The first-order valence-electron chi connectivity index (χ1n) is 6.64. The Morgan fingerprint density at radius 2 is 1.95 bits per heavy atom. The Bertz CT molecular complexity index is 459. The zero-order valence-electron chi connectivity index (χ0n) is 10.9. The van der Waals surface area contributed by atoms with Crippen molar-refractivity contribution in [3.8, 4) is 11.8 Å². The summed E-state index contributed by atoms with van der Waals surface area (Å²) in [7, 11) is 0. The number of ether oxygens (including phenoxy) is 1. The number of para-hydroxylation sites is 1. The minimum Gasteiger partial charge on any atom is -0.484 e. The minimum absolute atomic E-state index is 0.0482. The molecule has 1 aliphatic rings. The van der Waals surface area contributed by atoms with E-state index in [2.05, 4.69) is 11.4 Å². The van der Waals surface area contributed by atoms with Gasteiger partial charge in [-0.2, -0.15) is 5.26 Å². The molecule has 0 heterocycles.